The Morgan fingerprint density at radius 3 is 2.83 bits per heavy atom. The first-order chi connectivity index (χ1) is 5.72. The summed E-state index contributed by atoms with van der Waals surface area (Å²) in [4.78, 5) is 2.40. The molecule has 0 aromatic carbocycles. The van der Waals surface area contributed by atoms with Crippen LogP contribution < -0.4 is 5.32 Å². The monoisotopic (exact) mass is 284 g/mol. The summed E-state index contributed by atoms with van der Waals surface area (Å²) in [6.07, 6.45) is 0.488. The van der Waals surface area contributed by atoms with Crippen LogP contribution in [0.1, 0.15) is 6.92 Å². The van der Waals surface area contributed by atoms with E-state index in [1.807, 2.05) is 0 Å². The molecular weight excluding hydrogens is 267 g/mol. The quantitative estimate of drug-likeness (QED) is 0.457. The number of ether oxygens (including phenoxy) is 1. The van der Waals surface area contributed by atoms with Crippen LogP contribution in [0.25, 0.3) is 0 Å². The molecule has 0 aromatic heterocycles. The van der Waals surface area contributed by atoms with Crippen molar-refractivity contribution in [3.8, 4) is 0 Å². The van der Waals surface area contributed by atoms with Crippen molar-refractivity contribution in [1.82, 2.24) is 10.2 Å². The summed E-state index contributed by atoms with van der Waals surface area (Å²) in [5.41, 5.74) is 0. The topological polar surface area (TPSA) is 24.5 Å². The first-order valence-electron chi connectivity index (χ1n) is 4.35. The molecule has 0 saturated carbocycles. The van der Waals surface area contributed by atoms with Gasteiger partial charge in [-0.15, -0.1) is 0 Å². The van der Waals surface area contributed by atoms with Gasteiger partial charge in [0, 0.05) is 33.3 Å². The molecule has 1 aliphatic heterocycles. The molecule has 0 spiro atoms. The van der Waals surface area contributed by atoms with Crippen LogP contribution in [0.5, 0.6) is 0 Å². The van der Waals surface area contributed by atoms with E-state index in [4.69, 9.17) is 4.74 Å². The van der Waals surface area contributed by atoms with Crippen molar-refractivity contribution >= 4 is 22.6 Å². The number of alkyl halides is 1. The molecule has 72 valence electrons. The predicted octanol–water partition coefficient (Wildman–Crippen LogP) is 0.688. The molecule has 1 N–H and O–H groups in total. The molecule has 0 aliphatic carbocycles. The summed E-state index contributed by atoms with van der Waals surface area (Å²) >= 11 is 2.38. The predicted molar refractivity (Wildman–Crippen MR) is 58.7 cm³/mol. The van der Waals surface area contributed by atoms with Crippen LogP contribution in [0.15, 0.2) is 0 Å². The molecule has 0 aromatic rings. The van der Waals surface area contributed by atoms with Gasteiger partial charge in [-0.3, -0.25) is 4.90 Å². The Bertz CT molecular complexity index is 126. The van der Waals surface area contributed by atoms with Crippen molar-refractivity contribution in [1.29, 1.82) is 0 Å². The van der Waals surface area contributed by atoms with E-state index in [0.29, 0.717) is 10.2 Å². The Morgan fingerprint density at radius 2 is 2.33 bits per heavy atom. The van der Waals surface area contributed by atoms with Gasteiger partial charge in [0.2, 0.25) is 0 Å². The summed E-state index contributed by atoms with van der Waals surface area (Å²) in [5.74, 6) is 0. The number of halogens is 1. The SMILES string of the molecule is COC1CN(CCN[C@H](C)I)C1. The van der Waals surface area contributed by atoms with Gasteiger partial charge < -0.3 is 10.1 Å². The molecule has 0 bridgehead atoms. The lowest BCUT2D eigenvalue weighted by Crippen LogP contribution is -2.53. The van der Waals surface area contributed by atoms with E-state index in [1.54, 1.807) is 7.11 Å². The highest BCUT2D eigenvalue weighted by Crippen LogP contribution is 2.08. The van der Waals surface area contributed by atoms with Crippen molar-refractivity contribution < 1.29 is 4.74 Å². The third-order valence-corrected chi connectivity index (χ3v) is 2.55. The van der Waals surface area contributed by atoms with Gasteiger partial charge in [0.25, 0.3) is 0 Å². The standard InChI is InChI=1S/C8H17IN2O/c1-7(9)10-3-4-11-5-8(6-11)12-2/h7-8,10H,3-6H2,1-2H3/t7-/m1/s1. The summed E-state index contributed by atoms with van der Waals surface area (Å²) in [5, 5.41) is 3.38. The Morgan fingerprint density at radius 1 is 1.67 bits per heavy atom. The van der Waals surface area contributed by atoms with E-state index in [0.717, 1.165) is 26.2 Å². The number of rotatable bonds is 5. The molecule has 0 unspecified atom stereocenters. The number of methoxy groups -OCH3 is 1. The first-order valence-corrected chi connectivity index (χ1v) is 5.59. The molecule has 1 rings (SSSR count). The highest BCUT2D eigenvalue weighted by molar-refractivity contribution is 14.1. The molecule has 3 nitrogen and oxygen atoms in total. The zero-order valence-electron chi connectivity index (χ0n) is 7.72. The maximum absolute atomic E-state index is 5.18. The Labute approximate surface area is 88.0 Å². The summed E-state index contributed by atoms with van der Waals surface area (Å²) in [6, 6.07) is 0. The summed E-state index contributed by atoms with van der Waals surface area (Å²) in [6.45, 7) is 6.60. The molecule has 1 saturated heterocycles. The normalized spacial score (nSPS) is 22.2. The molecule has 1 atom stereocenters. The molecule has 0 radical (unpaired) electrons. The van der Waals surface area contributed by atoms with Crippen molar-refractivity contribution in [3.05, 3.63) is 0 Å². The minimum atomic E-state index is 0.488. The second kappa shape index (κ2) is 5.36. The third-order valence-electron chi connectivity index (χ3n) is 2.11. The average molecular weight is 284 g/mol. The highest BCUT2D eigenvalue weighted by atomic mass is 127. The number of nitrogens with zero attached hydrogens (tertiary/aromatic N) is 1. The number of hydrogen-bond acceptors (Lipinski definition) is 3. The van der Waals surface area contributed by atoms with Gasteiger partial charge in [0.1, 0.15) is 0 Å². The first kappa shape index (κ1) is 10.7. The fourth-order valence-electron chi connectivity index (χ4n) is 1.28. The fourth-order valence-corrected chi connectivity index (χ4v) is 1.59. The zero-order valence-corrected chi connectivity index (χ0v) is 9.87. The lowest BCUT2D eigenvalue weighted by Gasteiger charge is -2.38. The summed E-state index contributed by atoms with van der Waals surface area (Å²) < 4.78 is 5.75. The lowest BCUT2D eigenvalue weighted by molar-refractivity contribution is -0.0283. The number of hydrogen-bond donors (Lipinski definition) is 1. The Kier molecular flexibility index (Phi) is 4.78. The smallest absolute Gasteiger partial charge is 0.0824 e. The van der Waals surface area contributed by atoms with Crippen LogP contribution in [0.2, 0.25) is 0 Å². The molecule has 1 heterocycles. The van der Waals surface area contributed by atoms with Crippen molar-refractivity contribution in [2.24, 2.45) is 0 Å². The van der Waals surface area contributed by atoms with E-state index in [2.05, 4.69) is 39.7 Å². The van der Waals surface area contributed by atoms with Crippen LogP contribution >= 0.6 is 22.6 Å². The van der Waals surface area contributed by atoms with Gasteiger partial charge in [0.05, 0.1) is 10.2 Å². The Balaban J connectivity index is 1.90. The van der Waals surface area contributed by atoms with E-state index < -0.39 is 0 Å². The number of nitrogens with one attached hydrogen (secondary N) is 1. The molecule has 4 heteroatoms. The van der Waals surface area contributed by atoms with E-state index in [1.165, 1.54) is 0 Å². The maximum atomic E-state index is 5.18. The van der Waals surface area contributed by atoms with Gasteiger partial charge in [-0.25, -0.2) is 0 Å². The van der Waals surface area contributed by atoms with Gasteiger partial charge in [-0.1, -0.05) is 22.6 Å². The Hall–Kier alpha value is 0.610. The van der Waals surface area contributed by atoms with Crippen LogP contribution in [0.4, 0.5) is 0 Å². The second-order valence-corrected chi connectivity index (χ2v) is 5.06. The average Bonchev–Trinajstić information content (AvgIpc) is 1.93. The van der Waals surface area contributed by atoms with Gasteiger partial charge in [-0.05, 0) is 6.92 Å². The van der Waals surface area contributed by atoms with Crippen LogP contribution in [-0.2, 0) is 4.74 Å². The largest absolute Gasteiger partial charge is 0.379 e. The van der Waals surface area contributed by atoms with Crippen molar-refractivity contribution in [2.75, 3.05) is 33.3 Å². The maximum Gasteiger partial charge on any atom is 0.0824 e. The van der Waals surface area contributed by atoms with E-state index in [-0.39, 0.29) is 0 Å². The molecule has 1 aliphatic rings. The van der Waals surface area contributed by atoms with Crippen LogP contribution in [-0.4, -0.2) is 48.3 Å². The third kappa shape index (κ3) is 3.55. The molecule has 12 heavy (non-hydrogen) atoms. The van der Waals surface area contributed by atoms with Crippen LogP contribution in [0.3, 0.4) is 0 Å². The van der Waals surface area contributed by atoms with Gasteiger partial charge in [-0.2, -0.15) is 0 Å². The lowest BCUT2D eigenvalue weighted by atomic mass is 10.2. The molecule has 0 amide bonds. The van der Waals surface area contributed by atoms with E-state index in [9.17, 15) is 0 Å². The van der Waals surface area contributed by atoms with Crippen LogP contribution in [0, 0.1) is 0 Å². The molecule has 1 fully saturated rings. The summed E-state index contributed by atoms with van der Waals surface area (Å²) in [7, 11) is 1.78. The molecular formula is C8H17IN2O. The fraction of sp³-hybridized carbons (Fsp3) is 1.00. The van der Waals surface area contributed by atoms with E-state index >= 15 is 0 Å². The minimum absolute atomic E-state index is 0.488. The van der Waals surface area contributed by atoms with Crippen molar-refractivity contribution in [3.63, 3.8) is 0 Å². The van der Waals surface area contributed by atoms with Crippen molar-refractivity contribution in [2.45, 2.75) is 17.1 Å². The van der Waals surface area contributed by atoms with Gasteiger partial charge in [0.15, 0.2) is 0 Å². The van der Waals surface area contributed by atoms with Gasteiger partial charge >= 0.3 is 0 Å². The zero-order chi connectivity index (χ0) is 8.97. The number of likely N-dealkylation sites (tertiary alicyclic amines) is 1. The minimum Gasteiger partial charge on any atom is -0.379 e. The second-order valence-electron chi connectivity index (χ2n) is 3.19. The highest BCUT2D eigenvalue weighted by Gasteiger charge is 2.25.